The molecule has 0 saturated carbocycles. The number of ether oxygens (including phenoxy) is 3. The van der Waals surface area contributed by atoms with Crippen LogP contribution in [0.15, 0.2) is 18.7 Å². The first-order chi connectivity index (χ1) is 8.17. The van der Waals surface area contributed by atoms with Crippen molar-refractivity contribution < 1.29 is 14.2 Å². The highest BCUT2D eigenvalue weighted by Crippen LogP contribution is 2.33. The molecule has 0 unspecified atom stereocenters. The first-order valence-corrected chi connectivity index (χ1v) is 5.44. The highest BCUT2D eigenvalue weighted by molar-refractivity contribution is 5.65. The van der Waals surface area contributed by atoms with Crippen molar-refractivity contribution in [3.05, 3.63) is 29.8 Å². The van der Waals surface area contributed by atoms with Gasteiger partial charge in [-0.3, -0.25) is 0 Å². The van der Waals surface area contributed by atoms with E-state index in [4.69, 9.17) is 19.9 Å². The highest BCUT2D eigenvalue weighted by Gasteiger charge is 2.12. The molecule has 4 nitrogen and oxygen atoms in total. The predicted molar refractivity (Wildman–Crippen MR) is 68.1 cm³/mol. The van der Waals surface area contributed by atoms with Crippen molar-refractivity contribution in [2.24, 2.45) is 5.73 Å². The summed E-state index contributed by atoms with van der Waals surface area (Å²) in [6, 6.07) is 3.68. The molecule has 4 heteroatoms. The lowest BCUT2D eigenvalue weighted by atomic mass is 10.0. The van der Waals surface area contributed by atoms with E-state index in [0.29, 0.717) is 30.4 Å². The molecule has 0 heterocycles. The number of benzene rings is 1. The molecule has 1 aromatic rings. The Morgan fingerprint density at radius 1 is 1.24 bits per heavy atom. The molecule has 0 aliphatic carbocycles. The van der Waals surface area contributed by atoms with Gasteiger partial charge in [0.15, 0.2) is 11.5 Å². The van der Waals surface area contributed by atoms with E-state index in [2.05, 4.69) is 6.58 Å². The SMILES string of the molecule is C=C(OCC)c1cc(OC)c(OC)cc1CN. The van der Waals surface area contributed by atoms with Crippen molar-refractivity contribution in [3.63, 3.8) is 0 Å². The molecule has 1 aromatic carbocycles. The third-order valence-corrected chi connectivity index (χ3v) is 2.45. The summed E-state index contributed by atoms with van der Waals surface area (Å²) in [6.07, 6.45) is 0. The van der Waals surface area contributed by atoms with E-state index in [1.807, 2.05) is 19.1 Å². The second-order valence-corrected chi connectivity index (χ2v) is 3.42. The smallest absolute Gasteiger partial charge is 0.161 e. The third-order valence-electron chi connectivity index (χ3n) is 2.45. The van der Waals surface area contributed by atoms with Crippen molar-refractivity contribution in [1.82, 2.24) is 0 Å². The Kier molecular flexibility index (Phi) is 4.84. The molecule has 0 atom stereocenters. The maximum absolute atomic E-state index is 5.71. The fourth-order valence-corrected chi connectivity index (χ4v) is 1.60. The number of nitrogens with two attached hydrogens (primary N) is 1. The van der Waals surface area contributed by atoms with Crippen LogP contribution in [0.4, 0.5) is 0 Å². The Labute approximate surface area is 102 Å². The van der Waals surface area contributed by atoms with Crippen LogP contribution in [0, 0.1) is 0 Å². The summed E-state index contributed by atoms with van der Waals surface area (Å²) in [5.41, 5.74) is 7.48. The summed E-state index contributed by atoms with van der Waals surface area (Å²) in [7, 11) is 3.18. The summed E-state index contributed by atoms with van der Waals surface area (Å²) in [4.78, 5) is 0. The van der Waals surface area contributed by atoms with Gasteiger partial charge in [-0.25, -0.2) is 0 Å². The summed E-state index contributed by atoms with van der Waals surface area (Å²) < 4.78 is 15.9. The topological polar surface area (TPSA) is 53.7 Å². The van der Waals surface area contributed by atoms with Gasteiger partial charge in [-0.05, 0) is 24.6 Å². The second kappa shape index (κ2) is 6.15. The second-order valence-electron chi connectivity index (χ2n) is 3.42. The molecule has 0 aliphatic rings. The molecule has 0 saturated heterocycles. The molecular formula is C13H19NO3. The van der Waals surface area contributed by atoms with Crippen molar-refractivity contribution in [1.29, 1.82) is 0 Å². The number of hydrogen-bond donors (Lipinski definition) is 1. The molecule has 2 N–H and O–H groups in total. The van der Waals surface area contributed by atoms with Crippen molar-refractivity contribution in [3.8, 4) is 11.5 Å². The average molecular weight is 237 g/mol. The maximum Gasteiger partial charge on any atom is 0.161 e. The van der Waals surface area contributed by atoms with Gasteiger partial charge in [0.1, 0.15) is 5.76 Å². The molecule has 0 aliphatic heterocycles. The number of rotatable bonds is 6. The van der Waals surface area contributed by atoms with E-state index in [9.17, 15) is 0 Å². The standard InChI is InChI=1S/C13H19NO3/c1-5-17-9(2)11-7-13(16-4)12(15-3)6-10(11)8-14/h6-7H,2,5,8,14H2,1,3-4H3. The maximum atomic E-state index is 5.71. The zero-order chi connectivity index (χ0) is 12.8. The molecule has 0 aromatic heterocycles. The van der Waals surface area contributed by atoms with Crippen molar-refractivity contribution >= 4 is 5.76 Å². The third kappa shape index (κ3) is 2.91. The first-order valence-electron chi connectivity index (χ1n) is 5.44. The van der Waals surface area contributed by atoms with Crippen LogP contribution in [0.3, 0.4) is 0 Å². The van der Waals surface area contributed by atoms with Gasteiger partial charge < -0.3 is 19.9 Å². The van der Waals surface area contributed by atoms with Gasteiger partial charge in [0.05, 0.1) is 20.8 Å². The number of hydrogen-bond acceptors (Lipinski definition) is 4. The molecule has 0 fully saturated rings. The van der Waals surface area contributed by atoms with Gasteiger partial charge in [-0.2, -0.15) is 0 Å². The van der Waals surface area contributed by atoms with E-state index >= 15 is 0 Å². The van der Waals surface area contributed by atoms with E-state index in [1.165, 1.54) is 0 Å². The zero-order valence-electron chi connectivity index (χ0n) is 10.6. The largest absolute Gasteiger partial charge is 0.494 e. The van der Waals surface area contributed by atoms with Crippen LogP contribution >= 0.6 is 0 Å². The summed E-state index contributed by atoms with van der Waals surface area (Å²) in [6.45, 7) is 6.75. The number of methoxy groups -OCH3 is 2. The van der Waals surface area contributed by atoms with Crippen LogP contribution in [-0.2, 0) is 11.3 Å². The Hall–Kier alpha value is -1.68. The summed E-state index contributed by atoms with van der Waals surface area (Å²) in [5.74, 6) is 1.88. The Bertz CT molecular complexity index is 402. The van der Waals surface area contributed by atoms with E-state index in [1.54, 1.807) is 14.2 Å². The normalized spacial score (nSPS) is 9.88. The highest BCUT2D eigenvalue weighted by atomic mass is 16.5. The Morgan fingerprint density at radius 3 is 2.29 bits per heavy atom. The van der Waals surface area contributed by atoms with Crippen LogP contribution in [0.25, 0.3) is 5.76 Å². The lowest BCUT2D eigenvalue weighted by molar-refractivity contribution is 0.298. The molecule has 17 heavy (non-hydrogen) atoms. The average Bonchev–Trinajstić information content (AvgIpc) is 2.37. The van der Waals surface area contributed by atoms with Crippen molar-refractivity contribution in [2.45, 2.75) is 13.5 Å². The summed E-state index contributed by atoms with van der Waals surface area (Å²) in [5, 5.41) is 0. The lowest BCUT2D eigenvalue weighted by Gasteiger charge is -2.15. The van der Waals surface area contributed by atoms with Crippen LogP contribution < -0.4 is 15.2 Å². The van der Waals surface area contributed by atoms with Crippen LogP contribution in [0.1, 0.15) is 18.1 Å². The minimum Gasteiger partial charge on any atom is -0.494 e. The molecular weight excluding hydrogens is 218 g/mol. The van der Waals surface area contributed by atoms with Crippen LogP contribution in [0.5, 0.6) is 11.5 Å². The molecule has 0 bridgehead atoms. The monoisotopic (exact) mass is 237 g/mol. The van der Waals surface area contributed by atoms with E-state index in [-0.39, 0.29) is 0 Å². The van der Waals surface area contributed by atoms with E-state index < -0.39 is 0 Å². The Morgan fingerprint density at radius 2 is 1.82 bits per heavy atom. The lowest BCUT2D eigenvalue weighted by Crippen LogP contribution is -2.04. The van der Waals surface area contributed by atoms with Crippen LogP contribution in [0.2, 0.25) is 0 Å². The van der Waals surface area contributed by atoms with Gasteiger partial charge in [0, 0.05) is 12.1 Å². The quantitative estimate of drug-likeness (QED) is 0.770. The van der Waals surface area contributed by atoms with Gasteiger partial charge >= 0.3 is 0 Å². The summed E-state index contributed by atoms with van der Waals surface area (Å²) >= 11 is 0. The molecule has 0 amide bonds. The predicted octanol–water partition coefficient (Wildman–Crippen LogP) is 2.17. The minimum absolute atomic E-state index is 0.391. The van der Waals surface area contributed by atoms with Crippen LogP contribution in [-0.4, -0.2) is 20.8 Å². The van der Waals surface area contributed by atoms with Gasteiger partial charge in [0.25, 0.3) is 0 Å². The first kappa shape index (κ1) is 13.4. The van der Waals surface area contributed by atoms with Gasteiger partial charge in [-0.15, -0.1) is 0 Å². The van der Waals surface area contributed by atoms with Gasteiger partial charge in [-0.1, -0.05) is 6.58 Å². The van der Waals surface area contributed by atoms with E-state index in [0.717, 1.165) is 11.1 Å². The molecule has 94 valence electrons. The zero-order valence-corrected chi connectivity index (χ0v) is 10.6. The fourth-order valence-electron chi connectivity index (χ4n) is 1.60. The molecule has 0 radical (unpaired) electrons. The minimum atomic E-state index is 0.391. The van der Waals surface area contributed by atoms with Crippen molar-refractivity contribution in [2.75, 3.05) is 20.8 Å². The Balaban J connectivity index is 3.23. The van der Waals surface area contributed by atoms with Gasteiger partial charge in [0.2, 0.25) is 0 Å². The molecule has 0 spiro atoms. The molecule has 1 rings (SSSR count). The fraction of sp³-hybridized carbons (Fsp3) is 0.385.